The Morgan fingerprint density at radius 2 is 2.00 bits per heavy atom. The van der Waals surface area contributed by atoms with E-state index >= 15 is 0 Å². The van der Waals surface area contributed by atoms with Gasteiger partial charge in [0.2, 0.25) is 0 Å². The van der Waals surface area contributed by atoms with E-state index in [-0.39, 0.29) is 47.4 Å². The average molecular weight is 399 g/mol. The maximum absolute atomic E-state index is 14.3. The summed E-state index contributed by atoms with van der Waals surface area (Å²) in [6.45, 7) is 5.43. The number of methoxy groups -OCH3 is 1. The summed E-state index contributed by atoms with van der Waals surface area (Å²) >= 11 is 0. The molecule has 2 aliphatic heterocycles. The number of allylic oxidation sites excluding steroid dienone is 1. The minimum atomic E-state index is -0.825. The largest absolute Gasteiger partial charge is 0.469 e. The molecule has 2 bridgehead atoms. The molecule has 1 spiro atoms. The van der Waals surface area contributed by atoms with E-state index < -0.39 is 11.0 Å². The fourth-order valence-corrected chi connectivity index (χ4v) is 8.77. The van der Waals surface area contributed by atoms with Gasteiger partial charge in [0.25, 0.3) is 0 Å². The van der Waals surface area contributed by atoms with Crippen LogP contribution in [0.5, 0.6) is 0 Å². The monoisotopic (exact) mass is 399 g/mol. The van der Waals surface area contributed by atoms with Gasteiger partial charge in [-0.1, -0.05) is 12.5 Å². The van der Waals surface area contributed by atoms with Crippen molar-refractivity contribution < 1.29 is 23.9 Å². The minimum Gasteiger partial charge on any atom is -0.469 e. The van der Waals surface area contributed by atoms with Gasteiger partial charge in [-0.3, -0.25) is 19.3 Å². The number of hydrogen-bond acceptors (Lipinski definition) is 6. The van der Waals surface area contributed by atoms with Gasteiger partial charge in [0.05, 0.1) is 24.5 Å². The van der Waals surface area contributed by atoms with E-state index in [1.165, 1.54) is 25.2 Å². The summed E-state index contributed by atoms with van der Waals surface area (Å²) in [5.41, 5.74) is 0.921. The number of ketones is 1. The van der Waals surface area contributed by atoms with E-state index in [9.17, 15) is 14.4 Å². The smallest absolute Gasteiger partial charge is 0.309 e. The van der Waals surface area contributed by atoms with E-state index in [1.807, 2.05) is 0 Å². The third-order valence-electron chi connectivity index (χ3n) is 9.40. The third-order valence-corrected chi connectivity index (χ3v) is 9.40. The first-order valence-corrected chi connectivity index (χ1v) is 11.1. The number of fused-ring (bicyclic) bond motifs is 1. The Balaban J connectivity index is 1.63. The highest BCUT2D eigenvalue weighted by atomic mass is 16.6. The van der Waals surface area contributed by atoms with Crippen LogP contribution in [0.15, 0.2) is 11.1 Å². The molecule has 0 aromatic carbocycles. The lowest BCUT2D eigenvalue weighted by atomic mass is 9.47. The highest BCUT2D eigenvalue weighted by molar-refractivity contribution is 5.97. The predicted octanol–water partition coefficient (Wildman–Crippen LogP) is 2.12. The fourth-order valence-electron chi connectivity index (χ4n) is 8.77. The maximum atomic E-state index is 14.3. The van der Waals surface area contributed by atoms with Crippen LogP contribution in [0.4, 0.5) is 0 Å². The molecular weight excluding hydrogens is 370 g/mol. The first-order chi connectivity index (χ1) is 13.8. The molecule has 0 radical (unpaired) electrons. The van der Waals surface area contributed by atoms with E-state index in [4.69, 9.17) is 9.47 Å². The highest BCUT2D eigenvalue weighted by Crippen LogP contribution is 2.74. The van der Waals surface area contributed by atoms with Gasteiger partial charge in [0.15, 0.2) is 5.78 Å². The number of rotatable bonds is 2. The van der Waals surface area contributed by atoms with Crippen LogP contribution in [0.25, 0.3) is 0 Å². The van der Waals surface area contributed by atoms with Crippen LogP contribution in [0.2, 0.25) is 0 Å². The lowest BCUT2D eigenvalue weighted by molar-refractivity contribution is -0.206. The van der Waals surface area contributed by atoms with Gasteiger partial charge in [-0.2, -0.15) is 0 Å². The Labute approximate surface area is 171 Å². The van der Waals surface area contributed by atoms with E-state index in [0.717, 1.165) is 38.8 Å². The molecule has 6 aliphatic rings. The summed E-state index contributed by atoms with van der Waals surface area (Å²) in [5.74, 6) is -0.0782. The second-order valence-electron chi connectivity index (χ2n) is 10.3. The molecule has 29 heavy (non-hydrogen) atoms. The van der Waals surface area contributed by atoms with Crippen LogP contribution in [0.3, 0.4) is 0 Å². The number of nitrogens with zero attached hydrogens (tertiary/aromatic N) is 1. The van der Waals surface area contributed by atoms with Gasteiger partial charge < -0.3 is 9.47 Å². The molecule has 4 fully saturated rings. The Kier molecular flexibility index (Phi) is 3.44. The molecular formula is C23H29NO5. The van der Waals surface area contributed by atoms with Crippen LogP contribution < -0.4 is 0 Å². The number of carbonyl (C=O) groups is 3. The summed E-state index contributed by atoms with van der Waals surface area (Å²) in [5, 5.41) is 0. The van der Waals surface area contributed by atoms with Crippen molar-refractivity contribution in [3.05, 3.63) is 11.1 Å². The maximum Gasteiger partial charge on any atom is 0.309 e. The Morgan fingerprint density at radius 1 is 1.21 bits per heavy atom. The van der Waals surface area contributed by atoms with Crippen molar-refractivity contribution in [2.75, 3.05) is 20.2 Å². The van der Waals surface area contributed by atoms with Gasteiger partial charge in [0.1, 0.15) is 5.60 Å². The molecule has 6 rings (SSSR count). The molecule has 6 heteroatoms. The molecule has 0 aromatic heterocycles. The number of Topliss-reactive ketones (excluding diaryl/α,β-unsaturated/α-hetero) is 1. The Morgan fingerprint density at radius 3 is 2.72 bits per heavy atom. The number of ether oxygens (including phenoxy) is 2. The molecule has 1 unspecified atom stereocenters. The van der Waals surface area contributed by atoms with Crippen molar-refractivity contribution in [1.29, 1.82) is 0 Å². The molecule has 4 aliphatic carbocycles. The topological polar surface area (TPSA) is 72.9 Å². The molecule has 2 heterocycles. The molecule has 2 saturated heterocycles. The van der Waals surface area contributed by atoms with Crippen molar-refractivity contribution in [1.82, 2.24) is 4.90 Å². The molecule has 6 nitrogen and oxygen atoms in total. The van der Waals surface area contributed by atoms with Crippen molar-refractivity contribution in [2.45, 2.75) is 57.6 Å². The molecule has 0 aromatic rings. The first-order valence-electron chi connectivity index (χ1n) is 11.1. The predicted molar refractivity (Wildman–Crippen MR) is 103 cm³/mol. The number of carbonyl (C=O) groups excluding carboxylic acids is 3. The quantitative estimate of drug-likeness (QED) is 0.523. The number of piperidine rings is 1. The second-order valence-corrected chi connectivity index (χ2v) is 10.3. The van der Waals surface area contributed by atoms with Crippen LogP contribution in [-0.2, 0) is 23.9 Å². The minimum absolute atomic E-state index is 0.0109. The molecule has 156 valence electrons. The summed E-state index contributed by atoms with van der Waals surface area (Å²) < 4.78 is 11.5. The average Bonchev–Trinajstić information content (AvgIpc) is 3.33. The molecule has 8 atom stereocenters. The number of hydrogen-bond donors (Lipinski definition) is 0. The molecule has 0 N–H and O–H groups in total. The molecule has 2 saturated carbocycles. The summed E-state index contributed by atoms with van der Waals surface area (Å²) in [6.07, 6.45) is 4.01. The zero-order valence-electron chi connectivity index (χ0n) is 17.4. The van der Waals surface area contributed by atoms with Gasteiger partial charge in [0, 0.05) is 31.8 Å². The van der Waals surface area contributed by atoms with Crippen molar-refractivity contribution >= 4 is 17.7 Å². The van der Waals surface area contributed by atoms with E-state index in [0.29, 0.717) is 12.3 Å². The zero-order valence-corrected chi connectivity index (χ0v) is 17.4. The van der Waals surface area contributed by atoms with Gasteiger partial charge >= 0.3 is 11.9 Å². The lowest BCUT2D eigenvalue weighted by Crippen LogP contribution is -2.72. The molecule has 0 amide bonds. The normalized spacial score (nSPS) is 49.3. The van der Waals surface area contributed by atoms with E-state index in [1.54, 1.807) is 0 Å². The van der Waals surface area contributed by atoms with Crippen LogP contribution in [0, 0.1) is 35.0 Å². The number of esters is 2. The van der Waals surface area contributed by atoms with Gasteiger partial charge in [-0.15, -0.1) is 0 Å². The fraction of sp³-hybridized carbons (Fsp3) is 0.783. The lowest BCUT2D eigenvalue weighted by Gasteiger charge is -2.61. The summed E-state index contributed by atoms with van der Waals surface area (Å²) in [7, 11) is 1.44. The SMILES string of the molecule is COC(=O)[C@@H]1C[C@@]23C(=O)[C@@H]4C[C@H]5N(CC4C)C[C@@H](CC4=C2[C@@H]1CC4)[C@]53OC(C)=O. The zero-order chi connectivity index (χ0) is 20.3. The van der Waals surface area contributed by atoms with E-state index in [2.05, 4.69) is 11.8 Å². The van der Waals surface area contributed by atoms with Crippen molar-refractivity contribution in [3.8, 4) is 0 Å². The third kappa shape index (κ3) is 1.82. The van der Waals surface area contributed by atoms with Crippen molar-refractivity contribution in [3.63, 3.8) is 0 Å². The summed E-state index contributed by atoms with van der Waals surface area (Å²) in [6, 6.07) is 0.0852. The van der Waals surface area contributed by atoms with Crippen LogP contribution in [0.1, 0.15) is 46.0 Å². The second kappa shape index (κ2) is 5.51. The highest BCUT2D eigenvalue weighted by Gasteiger charge is 2.81. The Bertz CT molecular complexity index is 878. The van der Waals surface area contributed by atoms with Crippen LogP contribution in [-0.4, -0.2) is 54.5 Å². The summed E-state index contributed by atoms with van der Waals surface area (Å²) in [4.78, 5) is 42.0. The first kappa shape index (κ1) is 18.1. The Hall–Kier alpha value is -1.69. The van der Waals surface area contributed by atoms with Gasteiger partial charge in [-0.25, -0.2) is 0 Å². The van der Waals surface area contributed by atoms with Gasteiger partial charge in [-0.05, 0) is 49.5 Å². The van der Waals surface area contributed by atoms with Crippen molar-refractivity contribution in [2.24, 2.45) is 35.0 Å². The standard InChI is InChI=1S/C23H29NO5/c1-11-9-24-10-14-6-13-4-5-15-17(21(27)28-3)8-22(19(13)15)20(26)16(11)7-18(24)23(14,22)29-12(2)25/h11,14-18H,4-10H2,1-3H3/t11?,14-,15-,16-,17-,18-,22+,23+/m1/s1. The van der Waals surface area contributed by atoms with Crippen LogP contribution >= 0.6 is 0 Å².